The van der Waals surface area contributed by atoms with Crippen molar-refractivity contribution in [3.8, 4) is 11.1 Å². The molecule has 1 aliphatic rings. The van der Waals surface area contributed by atoms with Gasteiger partial charge in [-0.3, -0.25) is 0 Å². The monoisotopic (exact) mass is 300 g/mol. The average Bonchev–Trinajstić information content (AvgIpc) is 2.90. The molecule has 4 rings (SSSR count). The Bertz CT molecular complexity index is 850. The van der Waals surface area contributed by atoms with Crippen LogP contribution in [0.2, 0.25) is 0 Å². The van der Waals surface area contributed by atoms with Gasteiger partial charge >= 0.3 is 5.97 Å². The molecule has 1 aliphatic carbocycles. The number of ether oxygens (including phenoxy) is 1. The van der Waals surface area contributed by atoms with Crippen molar-refractivity contribution in [3.05, 3.63) is 95.1 Å². The molecule has 0 radical (unpaired) electrons. The van der Waals surface area contributed by atoms with Crippen LogP contribution in [0.5, 0.6) is 0 Å². The molecular weight excluding hydrogens is 284 g/mol. The minimum atomic E-state index is -0.338. The standard InChI is InChI=1S/C21H16O2/c1-14-7-6-8-15(13-14)21(22)23-20-18-11-4-2-9-16(18)17-10-3-5-12-19(17)20/h2-13,20H,1H3. The second-order valence-corrected chi connectivity index (χ2v) is 5.83. The Balaban J connectivity index is 1.73. The summed E-state index contributed by atoms with van der Waals surface area (Å²) >= 11 is 0. The summed E-state index contributed by atoms with van der Waals surface area (Å²) in [6.45, 7) is 1.97. The molecule has 0 bridgehead atoms. The van der Waals surface area contributed by atoms with Crippen LogP contribution in [-0.2, 0) is 4.74 Å². The van der Waals surface area contributed by atoms with Gasteiger partial charge in [-0.2, -0.15) is 0 Å². The van der Waals surface area contributed by atoms with Crippen molar-refractivity contribution in [1.82, 2.24) is 0 Å². The molecule has 0 aromatic heterocycles. The van der Waals surface area contributed by atoms with Crippen molar-refractivity contribution in [3.63, 3.8) is 0 Å². The number of rotatable bonds is 2. The third-order valence-corrected chi connectivity index (χ3v) is 4.26. The van der Waals surface area contributed by atoms with Crippen LogP contribution in [0, 0.1) is 6.92 Å². The van der Waals surface area contributed by atoms with E-state index in [1.165, 1.54) is 0 Å². The van der Waals surface area contributed by atoms with Gasteiger partial charge in [0.2, 0.25) is 0 Å². The second kappa shape index (κ2) is 5.40. The van der Waals surface area contributed by atoms with E-state index in [1.807, 2.05) is 61.5 Å². The van der Waals surface area contributed by atoms with E-state index in [9.17, 15) is 4.79 Å². The van der Waals surface area contributed by atoms with Crippen molar-refractivity contribution in [2.45, 2.75) is 13.0 Å². The lowest BCUT2D eigenvalue weighted by Gasteiger charge is -2.15. The molecule has 0 atom stereocenters. The van der Waals surface area contributed by atoms with Crippen LogP contribution < -0.4 is 0 Å². The van der Waals surface area contributed by atoms with Gasteiger partial charge in [0, 0.05) is 11.1 Å². The van der Waals surface area contributed by atoms with Crippen LogP contribution >= 0.6 is 0 Å². The molecule has 112 valence electrons. The molecular formula is C21H16O2. The van der Waals surface area contributed by atoms with Gasteiger partial charge in [0.15, 0.2) is 6.10 Å². The van der Waals surface area contributed by atoms with Crippen LogP contribution in [0.15, 0.2) is 72.8 Å². The van der Waals surface area contributed by atoms with E-state index in [4.69, 9.17) is 4.74 Å². The Labute approximate surface area is 135 Å². The largest absolute Gasteiger partial charge is 0.449 e. The van der Waals surface area contributed by atoms with Gasteiger partial charge in [-0.1, -0.05) is 66.2 Å². The van der Waals surface area contributed by atoms with Crippen molar-refractivity contribution in [1.29, 1.82) is 0 Å². The van der Waals surface area contributed by atoms with Crippen molar-refractivity contribution >= 4 is 5.97 Å². The van der Waals surface area contributed by atoms with E-state index >= 15 is 0 Å². The van der Waals surface area contributed by atoms with Crippen molar-refractivity contribution < 1.29 is 9.53 Å². The summed E-state index contributed by atoms with van der Waals surface area (Å²) in [6, 6.07) is 23.7. The van der Waals surface area contributed by atoms with Gasteiger partial charge in [0.25, 0.3) is 0 Å². The summed E-state index contributed by atoms with van der Waals surface area (Å²) < 4.78 is 5.87. The summed E-state index contributed by atoms with van der Waals surface area (Å²) in [6.07, 6.45) is -0.338. The number of aryl methyl sites for hydroxylation is 1. The van der Waals surface area contributed by atoms with Gasteiger partial charge in [0.1, 0.15) is 0 Å². The number of carbonyl (C=O) groups is 1. The van der Waals surface area contributed by atoms with Crippen LogP contribution in [0.3, 0.4) is 0 Å². The number of fused-ring (bicyclic) bond motifs is 3. The van der Waals surface area contributed by atoms with Crippen LogP contribution in [0.25, 0.3) is 11.1 Å². The van der Waals surface area contributed by atoms with Crippen molar-refractivity contribution in [2.75, 3.05) is 0 Å². The lowest BCUT2D eigenvalue weighted by Crippen LogP contribution is -2.11. The number of benzene rings is 3. The fraction of sp³-hybridized carbons (Fsp3) is 0.0952. The molecule has 2 heteroatoms. The fourth-order valence-corrected chi connectivity index (χ4v) is 3.18. The normalized spacial score (nSPS) is 12.6. The molecule has 0 spiro atoms. The highest BCUT2D eigenvalue weighted by molar-refractivity contribution is 5.90. The SMILES string of the molecule is Cc1cccc(C(=O)OC2c3ccccc3-c3ccccc32)c1. The predicted molar refractivity (Wildman–Crippen MR) is 90.3 cm³/mol. The Morgan fingerprint density at radius 3 is 2.04 bits per heavy atom. The maximum Gasteiger partial charge on any atom is 0.339 e. The van der Waals surface area contributed by atoms with Gasteiger partial charge in [-0.15, -0.1) is 0 Å². The molecule has 0 fully saturated rings. The zero-order chi connectivity index (χ0) is 15.8. The third kappa shape index (κ3) is 2.33. The molecule has 0 N–H and O–H groups in total. The molecule has 2 nitrogen and oxygen atoms in total. The Morgan fingerprint density at radius 2 is 1.43 bits per heavy atom. The minimum absolute atomic E-state index is 0.287. The molecule has 23 heavy (non-hydrogen) atoms. The zero-order valence-corrected chi connectivity index (χ0v) is 12.8. The summed E-state index contributed by atoms with van der Waals surface area (Å²) in [4.78, 5) is 12.6. The maximum atomic E-state index is 12.6. The van der Waals surface area contributed by atoms with Crippen LogP contribution in [0.1, 0.15) is 33.2 Å². The summed E-state index contributed by atoms with van der Waals surface area (Å²) in [5, 5.41) is 0. The summed E-state index contributed by atoms with van der Waals surface area (Å²) in [5.74, 6) is -0.287. The number of hydrogen-bond acceptors (Lipinski definition) is 2. The van der Waals surface area contributed by atoms with E-state index in [0.717, 1.165) is 27.8 Å². The fourth-order valence-electron chi connectivity index (χ4n) is 3.18. The maximum absolute atomic E-state index is 12.6. The van der Waals surface area contributed by atoms with Crippen LogP contribution in [0.4, 0.5) is 0 Å². The first-order valence-corrected chi connectivity index (χ1v) is 7.70. The van der Waals surface area contributed by atoms with Gasteiger partial charge in [-0.25, -0.2) is 4.79 Å². The molecule has 0 unspecified atom stereocenters. The van der Waals surface area contributed by atoms with Crippen LogP contribution in [-0.4, -0.2) is 5.97 Å². The van der Waals surface area contributed by atoms with E-state index in [-0.39, 0.29) is 12.1 Å². The first-order chi connectivity index (χ1) is 11.2. The first-order valence-electron chi connectivity index (χ1n) is 7.70. The van der Waals surface area contributed by atoms with E-state index in [2.05, 4.69) is 12.1 Å². The lowest BCUT2D eigenvalue weighted by atomic mass is 10.1. The molecule has 0 heterocycles. The van der Waals surface area contributed by atoms with Gasteiger partial charge in [-0.05, 0) is 30.2 Å². The average molecular weight is 300 g/mol. The van der Waals surface area contributed by atoms with Gasteiger partial charge < -0.3 is 4.74 Å². The smallest absolute Gasteiger partial charge is 0.339 e. The quantitative estimate of drug-likeness (QED) is 0.628. The first kappa shape index (κ1) is 13.8. The van der Waals surface area contributed by atoms with E-state index < -0.39 is 0 Å². The molecule has 0 saturated carbocycles. The highest BCUT2D eigenvalue weighted by atomic mass is 16.5. The second-order valence-electron chi connectivity index (χ2n) is 5.83. The Morgan fingerprint density at radius 1 is 0.826 bits per heavy atom. The topological polar surface area (TPSA) is 26.3 Å². The number of carbonyl (C=O) groups excluding carboxylic acids is 1. The summed E-state index contributed by atoms with van der Waals surface area (Å²) in [5.41, 5.74) is 6.03. The molecule has 0 aliphatic heterocycles. The lowest BCUT2D eigenvalue weighted by molar-refractivity contribution is 0.0385. The predicted octanol–water partition coefficient (Wildman–Crippen LogP) is 4.92. The molecule has 0 saturated heterocycles. The third-order valence-electron chi connectivity index (χ3n) is 4.26. The highest BCUT2D eigenvalue weighted by Crippen LogP contribution is 2.45. The van der Waals surface area contributed by atoms with Crippen molar-refractivity contribution in [2.24, 2.45) is 0 Å². The molecule has 3 aromatic carbocycles. The Hall–Kier alpha value is -2.87. The molecule has 3 aromatic rings. The van der Waals surface area contributed by atoms with E-state index in [1.54, 1.807) is 6.07 Å². The number of esters is 1. The molecule has 0 amide bonds. The van der Waals surface area contributed by atoms with E-state index in [0.29, 0.717) is 5.56 Å². The minimum Gasteiger partial charge on any atom is -0.449 e. The Kier molecular flexibility index (Phi) is 3.23. The number of hydrogen-bond donors (Lipinski definition) is 0. The summed E-state index contributed by atoms with van der Waals surface area (Å²) in [7, 11) is 0. The highest BCUT2D eigenvalue weighted by Gasteiger charge is 2.31. The van der Waals surface area contributed by atoms with Gasteiger partial charge in [0.05, 0.1) is 5.56 Å². The zero-order valence-electron chi connectivity index (χ0n) is 12.8.